The molecule has 1 amide bonds. The fourth-order valence-corrected chi connectivity index (χ4v) is 3.88. The minimum atomic E-state index is -0.451. The van der Waals surface area contributed by atoms with Crippen molar-refractivity contribution < 1.29 is 9.53 Å². The Bertz CT molecular complexity index is 1370. The highest BCUT2D eigenvalue weighted by Gasteiger charge is 2.15. The maximum absolute atomic E-state index is 12.7. The smallest absolute Gasteiger partial charge is 0.266 e. The third-order valence-electron chi connectivity index (χ3n) is 5.49. The fourth-order valence-electron chi connectivity index (χ4n) is 3.88. The van der Waals surface area contributed by atoms with E-state index in [1.807, 2.05) is 44.2 Å². The average molecular weight is 422 g/mol. The molecule has 0 unspecified atom stereocenters. The number of benzene rings is 3. The van der Waals surface area contributed by atoms with E-state index in [9.17, 15) is 10.1 Å². The number of carbonyl (C=O) groups is 1. The van der Waals surface area contributed by atoms with Gasteiger partial charge in [0, 0.05) is 22.5 Å². The molecule has 5 heteroatoms. The molecule has 4 aromatic rings. The molecule has 0 atom stereocenters. The van der Waals surface area contributed by atoms with Crippen LogP contribution in [0.25, 0.3) is 22.5 Å². The predicted molar refractivity (Wildman–Crippen MR) is 128 cm³/mol. The summed E-state index contributed by atoms with van der Waals surface area (Å²) in [6.07, 6.45) is 1.64. The second-order valence-corrected chi connectivity index (χ2v) is 7.51. The Balaban J connectivity index is 1.69. The normalized spacial score (nSPS) is 11.2. The van der Waals surface area contributed by atoms with E-state index in [4.69, 9.17) is 4.74 Å². The summed E-state index contributed by atoms with van der Waals surface area (Å²) in [6.45, 7) is 4.02. The van der Waals surface area contributed by atoms with Crippen molar-refractivity contribution in [1.82, 2.24) is 4.57 Å². The van der Waals surface area contributed by atoms with Crippen molar-refractivity contribution >= 4 is 28.4 Å². The monoisotopic (exact) mass is 421 g/mol. The summed E-state index contributed by atoms with van der Waals surface area (Å²) >= 11 is 0. The summed E-state index contributed by atoms with van der Waals surface area (Å²) in [5.41, 5.74) is 4.52. The molecule has 1 N–H and O–H groups in total. The number of methoxy groups -OCH3 is 1. The van der Waals surface area contributed by atoms with Crippen LogP contribution in [-0.2, 0) is 4.79 Å². The van der Waals surface area contributed by atoms with Gasteiger partial charge in [0.1, 0.15) is 17.4 Å². The van der Waals surface area contributed by atoms with E-state index in [1.54, 1.807) is 37.5 Å². The first-order valence-corrected chi connectivity index (χ1v) is 10.3. The Labute approximate surface area is 187 Å². The van der Waals surface area contributed by atoms with Gasteiger partial charge in [0.15, 0.2) is 0 Å². The summed E-state index contributed by atoms with van der Waals surface area (Å²) in [5, 5.41) is 14.7. The van der Waals surface area contributed by atoms with Crippen molar-refractivity contribution in [2.24, 2.45) is 0 Å². The second-order valence-electron chi connectivity index (χ2n) is 7.51. The average Bonchev–Trinajstić information content (AvgIpc) is 3.10. The topological polar surface area (TPSA) is 67.0 Å². The van der Waals surface area contributed by atoms with E-state index in [2.05, 4.69) is 34.1 Å². The van der Waals surface area contributed by atoms with Crippen LogP contribution in [0.4, 0.5) is 5.69 Å². The Morgan fingerprint density at radius 3 is 2.47 bits per heavy atom. The van der Waals surface area contributed by atoms with E-state index in [0.717, 1.165) is 33.4 Å². The van der Waals surface area contributed by atoms with Crippen LogP contribution in [0.2, 0.25) is 0 Å². The van der Waals surface area contributed by atoms with Crippen LogP contribution >= 0.6 is 0 Å². The van der Waals surface area contributed by atoms with Gasteiger partial charge < -0.3 is 14.6 Å². The summed E-state index contributed by atoms with van der Waals surface area (Å²) in [7, 11) is 1.58. The number of carbonyl (C=O) groups excluding carboxylic acids is 1. The van der Waals surface area contributed by atoms with Gasteiger partial charge in [0.05, 0.1) is 12.8 Å². The maximum Gasteiger partial charge on any atom is 0.266 e. The van der Waals surface area contributed by atoms with E-state index >= 15 is 0 Å². The number of aryl methyl sites for hydroxylation is 1. The number of ether oxygens (including phenoxy) is 1. The first-order chi connectivity index (χ1) is 15.5. The molecule has 0 aliphatic rings. The zero-order valence-corrected chi connectivity index (χ0v) is 18.2. The van der Waals surface area contributed by atoms with Crippen LogP contribution in [0.5, 0.6) is 5.75 Å². The number of hydrogen-bond acceptors (Lipinski definition) is 3. The SMILES string of the molecule is COc1ccc(NC(=O)/C(C#N)=C\c2cc(C)n(-c3cccc4ccccc34)c2C)cc1. The lowest BCUT2D eigenvalue weighted by atomic mass is 10.1. The minimum Gasteiger partial charge on any atom is -0.497 e. The summed E-state index contributed by atoms with van der Waals surface area (Å²) < 4.78 is 7.29. The fraction of sp³-hybridized carbons (Fsp3) is 0.111. The van der Waals surface area contributed by atoms with Gasteiger partial charge in [-0.1, -0.05) is 36.4 Å². The largest absolute Gasteiger partial charge is 0.497 e. The molecular formula is C27H23N3O2. The van der Waals surface area contributed by atoms with E-state index in [0.29, 0.717) is 11.4 Å². The molecule has 1 heterocycles. The van der Waals surface area contributed by atoms with Crippen LogP contribution in [0.3, 0.4) is 0 Å². The first-order valence-electron chi connectivity index (χ1n) is 10.3. The highest BCUT2D eigenvalue weighted by molar-refractivity contribution is 6.09. The summed E-state index contributed by atoms with van der Waals surface area (Å²) in [6, 6.07) is 25.4. The lowest BCUT2D eigenvalue weighted by Crippen LogP contribution is -2.13. The molecular weight excluding hydrogens is 398 g/mol. The standard InChI is InChI=1S/C27H23N3O2/c1-18-15-21(16-22(17-28)27(31)29-23-11-13-24(32-3)14-12-23)19(2)30(18)26-10-6-8-20-7-4-5-9-25(20)26/h4-16H,1-3H3,(H,29,31)/b22-16-. The summed E-state index contributed by atoms with van der Waals surface area (Å²) in [4.78, 5) is 12.7. The van der Waals surface area contributed by atoms with Crippen LogP contribution < -0.4 is 10.1 Å². The number of fused-ring (bicyclic) bond motifs is 1. The quantitative estimate of drug-likeness (QED) is 0.327. The number of aromatic nitrogens is 1. The van der Waals surface area contributed by atoms with Gasteiger partial charge >= 0.3 is 0 Å². The van der Waals surface area contributed by atoms with Gasteiger partial charge in [-0.15, -0.1) is 0 Å². The molecule has 5 nitrogen and oxygen atoms in total. The molecule has 0 radical (unpaired) electrons. The molecule has 32 heavy (non-hydrogen) atoms. The molecule has 0 bridgehead atoms. The van der Waals surface area contributed by atoms with Gasteiger partial charge in [-0.2, -0.15) is 5.26 Å². The number of rotatable bonds is 5. The number of nitrogens with one attached hydrogen (secondary N) is 1. The van der Waals surface area contributed by atoms with Gasteiger partial charge in [-0.3, -0.25) is 4.79 Å². The Morgan fingerprint density at radius 1 is 1.03 bits per heavy atom. The molecule has 3 aromatic carbocycles. The van der Waals surface area contributed by atoms with Crippen LogP contribution in [-0.4, -0.2) is 17.6 Å². The third kappa shape index (κ3) is 3.99. The predicted octanol–water partition coefficient (Wildman–Crippen LogP) is 5.80. The van der Waals surface area contributed by atoms with Crippen LogP contribution in [0, 0.1) is 25.2 Å². The Hall–Kier alpha value is -4.30. The molecule has 4 rings (SSSR count). The van der Waals surface area contributed by atoms with Gasteiger partial charge in [-0.25, -0.2) is 0 Å². The van der Waals surface area contributed by atoms with E-state index in [1.165, 1.54) is 0 Å². The Morgan fingerprint density at radius 2 is 1.75 bits per heavy atom. The molecule has 0 aliphatic carbocycles. The summed E-state index contributed by atoms with van der Waals surface area (Å²) in [5.74, 6) is 0.243. The van der Waals surface area contributed by atoms with Crippen molar-refractivity contribution in [2.45, 2.75) is 13.8 Å². The molecule has 0 saturated heterocycles. The van der Waals surface area contributed by atoms with E-state index < -0.39 is 5.91 Å². The number of anilines is 1. The first kappa shape index (κ1) is 21.0. The van der Waals surface area contributed by atoms with Crippen molar-refractivity contribution in [2.75, 3.05) is 12.4 Å². The van der Waals surface area contributed by atoms with Crippen molar-refractivity contribution in [3.8, 4) is 17.5 Å². The molecule has 1 aromatic heterocycles. The number of nitriles is 1. The molecule has 158 valence electrons. The molecule has 0 aliphatic heterocycles. The highest BCUT2D eigenvalue weighted by Crippen LogP contribution is 2.28. The highest BCUT2D eigenvalue weighted by atomic mass is 16.5. The van der Waals surface area contributed by atoms with Gasteiger partial charge in [0.2, 0.25) is 0 Å². The zero-order valence-electron chi connectivity index (χ0n) is 18.2. The molecule has 0 saturated carbocycles. The number of hydrogen-bond donors (Lipinski definition) is 1. The van der Waals surface area contributed by atoms with Crippen molar-refractivity contribution in [1.29, 1.82) is 5.26 Å². The Kier molecular flexibility index (Phi) is 5.78. The number of amides is 1. The van der Waals surface area contributed by atoms with Gasteiger partial charge in [-0.05, 0) is 67.3 Å². The zero-order chi connectivity index (χ0) is 22.7. The van der Waals surface area contributed by atoms with Crippen molar-refractivity contribution in [3.05, 3.63) is 95.3 Å². The molecule has 0 spiro atoms. The van der Waals surface area contributed by atoms with Crippen molar-refractivity contribution in [3.63, 3.8) is 0 Å². The lowest BCUT2D eigenvalue weighted by Gasteiger charge is -2.13. The molecule has 0 fully saturated rings. The van der Waals surface area contributed by atoms with E-state index in [-0.39, 0.29) is 5.57 Å². The van der Waals surface area contributed by atoms with Gasteiger partial charge in [0.25, 0.3) is 5.91 Å². The number of nitrogens with zero attached hydrogens (tertiary/aromatic N) is 2. The minimum absolute atomic E-state index is 0.0407. The lowest BCUT2D eigenvalue weighted by molar-refractivity contribution is -0.112. The second kappa shape index (κ2) is 8.83. The van der Waals surface area contributed by atoms with Crippen LogP contribution in [0.15, 0.2) is 78.4 Å². The third-order valence-corrected chi connectivity index (χ3v) is 5.49. The maximum atomic E-state index is 12.7. The van der Waals surface area contributed by atoms with Crippen LogP contribution in [0.1, 0.15) is 17.0 Å².